The van der Waals surface area contributed by atoms with Gasteiger partial charge in [-0.1, -0.05) is 6.42 Å². The van der Waals surface area contributed by atoms with Crippen LogP contribution in [0.25, 0.3) is 0 Å². The predicted molar refractivity (Wildman–Crippen MR) is 76.0 cm³/mol. The van der Waals surface area contributed by atoms with E-state index in [-0.39, 0.29) is 5.91 Å². The fraction of sp³-hybridized carbons (Fsp3) is 0.933. The van der Waals surface area contributed by atoms with Crippen LogP contribution in [-0.4, -0.2) is 49.1 Å². The molecule has 1 heterocycles. The van der Waals surface area contributed by atoms with E-state index in [0.717, 1.165) is 25.6 Å². The standard InChI is InChI=1S/C15H27N3O/c19-15(17-9-12-4-5-12)11-18(14-6-7-14)10-13-3-1-2-8-16-13/h12-14,16H,1-11H2,(H,17,19). The fourth-order valence-electron chi connectivity index (χ4n) is 2.97. The number of carbonyl (C=O) groups excluding carboxylic acids is 1. The van der Waals surface area contributed by atoms with Crippen LogP contribution in [0.1, 0.15) is 44.9 Å². The average molecular weight is 265 g/mol. The summed E-state index contributed by atoms with van der Waals surface area (Å²) in [5, 5.41) is 6.69. The highest BCUT2D eigenvalue weighted by atomic mass is 16.2. The zero-order valence-corrected chi connectivity index (χ0v) is 11.9. The van der Waals surface area contributed by atoms with Gasteiger partial charge in [0.2, 0.25) is 5.91 Å². The summed E-state index contributed by atoms with van der Waals surface area (Å²) in [5.74, 6) is 1.01. The second-order valence-electron chi connectivity index (χ2n) is 6.55. The van der Waals surface area contributed by atoms with Gasteiger partial charge in [-0.25, -0.2) is 0 Å². The number of piperidine rings is 1. The highest BCUT2D eigenvalue weighted by molar-refractivity contribution is 5.78. The lowest BCUT2D eigenvalue weighted by Gasteiger charge is -2.30. The van der Waals surface area contributed by atoms with E-state index in [0.29, 0.717) is 18.6 Å². The van der Waals surface area contributed by atoms with Crippen molar-refractivity contribution in [2.45, 2.75) is 57.0 Å². The molecule has 3 fully saturated rings. The number of carbonyl (C=O) groups is 1. The molecule has 2 aliphatic carbocycles. The van der Waals surface area contributed by atoms with Crippen molar-refractivity contribution in [3.05, 3.63) is 0 Å². The van der Waals surface area contributed by atoms with Gasteiger partial charge in [0.05, 0.1) is 6.54 Å². The lowest BCUT2D eigenvalue weighted by atomic mass is 10.0. The van der Waals surface area contributed by atoms with Gasteiger partial charge in [0.25, 0.3) is 0 Å². The highest BCUT2D eigenvalue weighted by Crippen LogP contribution is 2.28. The van der Waals surface area contributed by atoms with E-state index < -0.39 is 0 Å². The van der Waals surface area contributed by atoms with Crippen molar-refractivity contribution >= 4 is 5.91 Å². The Kier molecular flexibility index (Phi) is 4.38. The molecule has 0 aromatic rings. The molecule has 2 N–H and O–H groups in total. The zero-order chi connectivity index (χ0) is 13.1. The van der Waals surface area contributed by atoms with Gasteiger partial charge in [0, 0.05) is 25.2 Å². The lowest BCUT2D eigenvalue weighted by Crippen LogP contribution is -2.47. The van der Waals surface area contributed by atoms with Crippen molar-refractivity contribution in [3.63, 3.8) is 0 Å². The summed E-state index contributed by atoms with van der Waals surface area (Å²) in [7, 11) is 0. The summed E-state index contributed by atoms with van der Waals surface area (Å²) in [6, 6.07) is 1.28. The Morgan fingerprint density at radius 3 is 2.63 bits per heavy atom. The maximum atomic E-state index is 12.0. The monoisotopic (exact) mass is 265 g/mol. The number of amides is 1. The molecule has 0 radical (unpaired) electrons. The Bertz CT molecular complexity index is 307. The summed E-state index contributed by atoms with van der Waals surface area (Å²) < 4.78 is 0. The maximum absolute atomic E-state index is 12.0. The van der Waals surface area contributed by atoms with Crippen molar-refractivity contribution < 1.29 is 4.79 Å². The molecule has 4 nitrogen and oxygen atoms in total. The van der Waals surface area contributed by atoms with Crippen LogP contribution >= 0.6 is 0 Å². The quantitative estimate of drug-likeness (QED) is 0.725. The van der Waals surface area contributed by atoms with Crippen molar-refractivity contribution in [1.29, 1.82) is 0 Å². The van der Waals surface area contributed by atoms with Gasteiger partial charge in [-0.15, -0.1) is 0 Å². The minimum Gasteiger partial charge on any atom is -0.355 e. The Morgan fingerprint density at radius 2 is 2.00 bits per heavy atom. The number of rotatable bonds is 7. The van der Waals surface area contributed by atoms with Crippen LogP contribution in [0.15, 0.2) is 0 Å². The van der Waals surface area contributed by atoms with E-state index in [1.54, 1.807) is 0 Å². The largest absolute Gasteiger partial charge is 0.355 e. The number of nitrogens with one attached hydrogen (secondary N) is 2. The van der Waals surface area contributed by atoms with E-state index in [1.807, 2.05) is 0 Å². The van der Waals surface area contributed by atoms with Crippen molar-refractivity contribution in [2.24, 2.45) is 5.92 Å². The first-order valence-corrected chi connectivity index (χ1v) is 8.05. The first kappa shape index (κ1) is 13.4. The van der Waals surface area contributed by atoms with Gasteiger partial charge < -0.3 is 10.6 Å². The Morgan fingerprint density at radius 1 is 1.16 bits per heavy atom. The average Bonchev–Trinajstić information content (AvgIpc) is 3.30. The highest BCUT2D eigenvalue weighted by Gasteiger charge is 2.32. The third-order valence-electron chi connectivity index (χ3n) is 4.56. The van der Waals surface area contributed by atoms with Crippen molar-refractivity contribution in [3.8, 4) is 0 Å². The summed E-state index contributed by atoms with van der Waals surface area (Å²) in [4.78, 5) is 14.4. The van der Waals surface area contributed by atoms with Crippen molar-refractivity contribution in [2.75, 3.05) is 26.2 Å². The van der Waals surface area contributed by atoms with Crippen LogP contribution in [0.2, 0.25) is 0 Å². The Hall–Kier alpha value is -0.610. The third-order valence-corrected chi connectivity index (χ3v) is 4.56. The molecule has 1 aliphatic heterocycles. The van der Waals surface area contributed by atoms with Crippen LogP contribution in [0.3, 0.4) is 0 Å². The molecule has 3 rings (SSSR count). The topological polar surface area (TPSA) is 44.4 Å². The molecule has 0 aromatic heterocycles. The first-order chi connectivity index (χ1) is 9.31. The van der Waals surface area contributed by atoms with Crippen LogP contribution in [-0.2, 0) is 4.79 Å². The third kappa shape index (κ3) is 4.46. The van der Waals surface area contributed by atoms with Gasteiger partial charge in [-0.3, -0.25) is 9.69 Å². The van der Waals surface area contributed by atoms with Gasteiger partial charge in [-0.05, 0) is 51.0 Å². The van der Waals surface area contributed by atoms with E-state index in [9.17, 15) is 4.79 Å². The molecule has 108 valence electrons. The minimum atomic E-state index is 0.231. The summed E-state index contributed by atoms with van der Waals surface area (Å²) in [6.45, 7) is 3.72. The number of nitrogens with zero attached hydrogens (tertiary/aromatic N) is 1. The zero-order valence-electron chi connectivity index (χ0n) is 11.9. The van der Waals surface area contributed by atoms with Crippen LogP contribution in [0.5, 0.6) is 0 Å². The van der Waals surface area contributed by atoms with Gasteiger partial charge in [-0.2, -0.15) is 0 Å². The molecule has 2 saturated carbocycles. The molecular weight excluding hydrogens is 238 g/mol. The molecule has 1 unspecified atom stereocenters. The Balaban J connectivity index is 1.41. The smallest absolute Gasteiger partial charge is 0.234 e. The predicted octanol–water partition coefficient (Wildman–Crippen LogP) is 1.12. The molecular formula is C15H27N3O. The molecule has 1 amide bonds. The van der Waals surface area contributed by atoms with E-state index in [4.69, 9.17) is 0 Å². The van der Waals surface area contributed by atoms with Gasteiger partial charge in [0.1, 0.15) is 0 Å². The summed E-state index contributed by atoms with van der Waals surface area (Å²) in [6.07, 6.45) is 9.08. The second-order valence-corrected chi connectivity index (χ2v) is 6.55. The van der Waals surface area contributed by atoms with E-state index in [1.165, 1.54) is 44.9 Å². The maximum Gasteiger partial charge on any atom is 0.234 e. The lowest BCUT2D eigenvalue weighted by molar-refractivity contribution is -0.122. The molecule has 0 aromatic carbocycles. The Labute approximate surface area is 116 Å². The van der Waals surface area contributed by atoms with Gasteiger partial charge in [0.15, 0.2) is 0 Å². The molecule has 3 aliphatic rings. The van der Waals surface area contributed by atoms with Crippen LogP contribution in [0, 0.1) is 5.92 Å². The summed E-state index contributed by atoms with van der Waals surface area (Å²) in [5.41, 5.74) is 0. The number of hydrogen-bond acceptors (Lipinski definition) is 3. The van der Waals surface area contributed by atoms with Crippen LogP contribution in [0.4, 0.5) is 0 Å². The first-order valence-electron chi connectivity index (χ1n) is 8.05. The van der Waals surface area contributed by atoms with Gasteiger partial charge >= 0.3 is 0 Å². The molecule has 0 spiro atoms. The fourth-order valence-corrected chi connectivity index (χ4v) is 2.97. The molecule has 4 heteroatoms. The molecule has 19 heavy (non-hydrogen) atoms. The molecule has 1 atom stereocenters. The summed E-state index contributed by atoms with van der Waals surface area (Å²) >= 11 is 0. The van der Waals surface area contributed by atoms with E-state index >= 15 is 0 Å². The normalized spacial score (nSPS) is 27.5. The van der Waals surface area contributed by atoms with E-state index in [2.05, 4.69) is 15.5 Å². The molecule has 0 bridgehead atoms. The number of hydrogen-bond donors (Lipinski definition) is 2. The minimum absolute atomic E-state index is 0.231. The second kappa shape index (κ2) is 6.23. The molecule has 1 saturated heterocycles. The van der Waals surface area contributed by atoms with Crippen LogP contribution < -0.4 is 10.6 Å². The van der Waals surface area contributed by atoms with Crippen molar-refractivity contribution in [1.82, 2.24) is 15.5 Å². The SMILES string of the molecule is O=C(CN(CC1CCCCN1)C1CC1)NCC1CC1.